The van der Waals surface area contributed by atoms with Crippen LogP contribution < -0.4 is 5.32 Å². The fraction of sp³-hybridized carbons (Fsp3) is 0.231. The van der Waals surface area contributed by atoms with Crippen molar-refractivity contribution in [3.05, 3.63) is 61.5 Å². The Morgan fingerprint density at radius 2 is 2.06 bits per heavy atom. The molecule has 1 unspecified atom stereocenters. The summed E-state index contributed by atoms with van der Waals surface area (Å²) in [6.45, 7) is 4.71. The van der Waals surface area contributed by atoms with E-state index in [1.165, 1.54) is 0 Å². The zero-order valence-electron chi connectivity index (χ0n) is 9.21. The summed E-state index contributed by atoms with van der Waals surface area (Å²) in [6.07, 6.45) is 6.85. The predicted octanol–water partition coefficient (Wildman–Crippen LogP) is 2.24. The van der Waals surface area contributed by atoms with Gasteiger partial charge in [0.05, 0.1) is 5.69 Å². The van der Waals surface area contributed by atoms with Crippen LogP contribution in [-0.4, -0.2) is 16.1 Å². The molecule has 1 N–H and O–H groups in total. The molecule has 0 bridgehead atoms. The molecule has 2 aromatic heterocycles. The minimum Gasteiger partial charge on any atom is -0.333 e. The third-order valence-corrected chi connectivity index (χ3v) is 2.41. The molecule has 0 aliphatic rings. The van der Waals surface area contributed by atoms with Crippen molar-refractivity contribution < 1.29 is 0 Å². The summed E-state index contributed by atoms with van der Waals surface area (Å²) in [5.41, 5.74) is 1.02. The molecule has 83 valence electrons. The molecular formula is C13H16N3. The number of nitrogens with one attached hydrogen (secondary N) is 1. The Bertz CT molecular complexity index is 394. The molecule has 0 aliphatic heterocycles. The van der Waals surface area contributed by atoms with E-state index < -0.39 is 0 Å². The highest BCUT2D eigenvalue weighted by Crippen LogP contribution is 2.12. The van der Waals surface area contributed by atoms with E-state index in [1.807, 2.05) is 48.9 Å². The summed E-state index contributed by atoms with van der Waals surface area (Å²) >= 11 is 0. The predicted molar refractivity (Wildman–Crippen MR) is 64.8 cm³/mol. The van der Waals surface area contributed by atoms with Crippen LogP contribution in [0.5, 0.6) is 0 Å². The first-order chi connectivity index (χ1) is 7.92. The maximum Gasteiger partial charge on any atom is 0.126 e. The Morgan fingerprint density at radius 3 is 2.69 bits per heavy atom. The molecule has 16 heavy (non-hydrogen) atoms. The first kappa shape index (κ1) is 10.9. The molecule has 0 aliphatic carbocycles. The minimum absolute atomic E-state index is 0.0953. The van der Waals surface area contributed by atoms with Crippen molar-refractivity contribution in [1.29, 1.82) is 0 Å². The summed E-state index contributed by atoms with van der Waals surface area (Å²) in [4.78, 5) is 4.38. The normalized spacial score (nSPS) is 12.6. The SMILES string of the molecule is [CH2]CCNC(c1ccccn1)n1cccc1. The van der Waals surface area contributed by atoms with Crippen LogP contribution in [0.2, 0.25) is 0 Å². The fourth-order valence-electron chi connectivity index (χ4n) is 1.66. The van der Waals surface area contributed by atoms with Gasteiger partial charge in [-0.25, -0.2) is 0 Å². The molecular weight excluding hydrogens is 198 g/mol. The van der Waals surface area contributed by atoms with E-state index in [0.29, 0.717) is 0 Å². The summed E-state index contributed by atoms with van der Waals surface area (Å²) < 4.78 is 2.11. The van der Waals surface area contributed by atoms with Crippen LogP contribution >= 0.6 is 0 Å². The Kier molecular flexibility index (Phi) is 3.72. The zero-order valence-corrected chi connectivity index (χ0v) is 9.21. The van der Waals surface area contributed by atoms with E-state index in [0.717, 1.165) is 18.7 Å². The Hall–Kier alpha value is -1.61. The molecule has 0 fully saturated rings. The lowest BCUT2D eigenvalue weighted by Crippen LogP contribution is -2.28. The van der Waals surface area contributed by atoms with Gasteiger partial charge < -0.3 is 4.57 Å². The molecule has 1 atom stereocenters. The van der Waals surface area contributed by atoms with Gasteiger partial charge in [-0.1, -0.05) is 13.0 Å². The van der Waals surface area contributed by atoms with E-state index in [2.05, 4.69) is 21.8 Å². The van der Waals surface area contributed by atoms with Crippen molar-refractivity contribution in [1.82, 2.24) is 14.9 Å². The van der Waals surface area contributed by atoms with Crippen LogP contribution in [0.25, 0.3) is 0 Å². The molecule has 3 heteroatoms. The Morgan fingerprint density at radius 1 is 1.25 bits per heavy atom. The number of aromatic nitrogens is 2. The van der Waals surface area contributed by atoms with E-state index >= 15 is 0 Å². The highest BCUT2D eigenvalue weighted by atomic mass is 15.2. The third-order valence-electron chi connectivity index (χ3n) is 2.41. The van der Waals surface area contributed by atoms with Crippen LogP contribution in [-0.2, 0) is 0 Å². The number of pyridine rings is 1. The number of hydrogen-bond acceptors (Lipinski definition) is 2. The average molecular weight is 214 g/mol. The number of rotatable bonds is 5. The maximum absolute atomic E-state index is 4.38. The topological polar surface area (TPSA) is 29.9 Å². The molecule has 2 heterocycles. The van der Waals surface area contributed by atoms with Gasteiger partial charge in [0, 0.05) is 18.6 Å². The lowest BCUT2D eigenvalue weighted by atomic mass is 10.3. The van der Waals surface area contributed by atoms with Crippen LogP contribution in [0.1, 0.15) is 18.3 Å². The minimum atomic E-state index is 0.0953. The lowest BCUT2D eigenvalue weighted by Gasteiger charge is -2.19. The molecule has 0 aromatic carbocycles. The second-order valence-electron chi connectivity index (χ2n) is 3.60. The second kappa shape index (κ2) is 5.47. The van der Waals surface area contributed by atoms with E-state index in [1.54, 1.807) is 0 Å². The molecule has 0 saturated carbocycles. The fourth-order valence-corrected chi connectivity index (χ4v) is 1.66. The monoisotopic (exact) mass is 214 g/mol. The van der Waals surface area contributed by atoms with Gasteiger partial charge >= 0.3 is 0 Å². The number of nitrogens with zero attached hydrogens (tertiary/aromatic N) is 2. The maximum atomic E-state index is 4.38. The van der Waals surface area contributed by atoms with Crippen LogP contribution in [0.15, 0.2) is 48.9 Å². The van der Waals surface area contributed by atoms with Gasteiger partial charge in [0.25, 0.3) is 0 Å². The van der Waals surface area contributed by atoms with Crippen LogP contribution in [0, 0.1) is 6.92 Å². The molecule has 1 radical (unpaired) electrons. The second-order valence-corrected chi connectivity index (χ2v) is 3.60. The van der Waals surface area contributed by atoms with Crippen LogP contribution in [0.4, 0.5) is 0 Å². The van der Waals surface area contributed by atoms with Gasteiger partial charge in [-0.2, -0.15) is 0 Å². The average Bonchev–Trinajstić information content (AvgIpc) is 2.85. The van der Waals surface area contributed by atoms with Crippen molar-refractivity contribution in [2.75, 3.05) is 6.54 Å². The highest BCUT2D eigenvalue weighted by Gasteiger charge is 2.11. The van der Waals surface area contributed by atoms with Gasteiger partial charge in [-0.15, -0.1) is 0 Å². The molecule has 0 saturated heterocycles. The van der Waals surface area contributed by atoms with Gasteiger partial charge in [0.2, 0.25) is 0 Å². The molecule has 0 amide bonds. The largest absolute Gasteiger partial charge is 0.333 e. The third kappa shape index (κ3) is 2.49. The summed E-state index contributed by atoms with van der Waals surface area (Å²) in [5.74, 6) is 0. The zero-order chi connectivity index (χ0) is 11.2. The molecule has 0 spiro atoms. The molecule has 2 aromatic rings. The van der Waals surface area contributed by atoms with Crippen molar-refractivity contribution in [3.8, 4) is 0 Å². The standard InChI is InChI=1S/C13H16N3/c1-2-8-15-13(16-10-5-6-11-16)12-7-3-4-9-14-12/h3-7,9-11,13,15H,1-2,8H2. The molecule has 2 rings (SSSR count). The number of hydrogen-bond donors (Lipinski definition) is 1. The first-order valence-electron chi connectivity index (χ1n) is 5.48. The van der Waals surface area contributed by atoms with E-state index in [9.17, 15) is 0 Å². The summed E-state index contributed by atoms with van der Waals surface area (Å²) in [6, 6.07) is 9.99. The quantitative estimate of drug-likeness (QED) is 0.827. The lowest BCUT2D eigenvalue weighted by molar-refractivity contribution is 0.463. The van der Waals surface area contributed by atoms with Crippen LogP contribution in [0.3, 0.4) is 0 Å². The van der Waals surface area contributed by atoms with E-state index in [4.69, 9.17) is 0 Å². The Labute approximate surface area is 96.1 Å². The first-order valence-corrected chi connectivity index (χ1v) is 5.48. The molecule has 3 nitrogen and oxygen atoms in total. The van der Waals surface area contributed by atoms with Gasteiger partial charge in [-0.05, 0) is 37.2 Å². The smallest absolute Gasteiger partial charge is 0.126 e. The van der Waals surface area contributed by atoms with Gasteiger partial charge in [0.1, 0.15) is 6.17 Å². The van der Waals surface area contributed by atoms with Crippen molar-refractivity contribution in [2.24, 2.45) is 0 Å². The van der Waals surface area contributed by atoms with Crippen molar-refractivity contribution >= 4 is 0 Å². The van der Waals surface area contributed by atoms with Gasteiger partial charge in [-0.3, -0.25) is 10.3 Å². The summed E-state index contributed by atoms with van der Waals surface area (Å²) in [7, 11) is 0. The Balaban J connectivity index is 2.21. The highest BCUT2D eigenvalue weighted by molar-refractivity contribution is 5.10. The van der Waals surface area contributed by atoms with Gasteiger partial charge in [0.15, 0.2) is 0 Å². The van der Waals surface area contributed by atoms with Crippen molar-refractivity contribution in [3.63, 3.8) is 0 Å². The summed E-state index contributed by atoms with van der Waals surface area (Å²) in [5, 5.41) is 3.43. The van der Waals surface area contributed by atoms with Crippen molar-refractivity contribution in [2.45, 2.75) is 12.6 Å². The van der Waals surface area contributed by atoms with E-state index in [-0.39, 0.29) is 6.17 Å².